The molecule has 0 radical (unpaired) electrons. The molecule has 4 amide bonds. The number of rotatable bonds is 5. The molecule has 7 heteroatoms. The number of piperidine rings is 1. The highest BCUT2D eigenvalue weighted by Crippen LogP contribution is 2.23. The van der Waals surface area contributed by atoms with E-state index in [2.05, 4.69) is 5.32 Å². The van der Waals surface area contributed by atoms with Crippen LogP contribution in [0.1, 0.15) is 12.8 Å². The van der Waals surface area contributed by atoms with Crippen LogP contribution in [0.25, 0.3) is 11.1 Å². The summed E-state index contributed by atoms with van der Waals surface area (Å²) in [6.45, 7) is 1.06. The number of nitrogens with one attached hydrogen (secondary N) is 1. The Bertz CT molecular complexity index is 874. The van der Waals surface area contributed by atoms with Gasteiger partial charge >= 0.3 is 6.03 Å². The second kappa shape index (κ2) is 8.34. The molecule has 29 heavy (non-hydrogen) atoms. The minimum absolute atomic E-state index is 0.0293. The Balaban J connectivity index is 1.26. The highest BCUT2D eigenvalue weighted by molar-refractivity contribution is 6.02. The maximum absolute atomic E-state index is 12.5. The van der Waals surface area contributed by atoms with E-state index in [1.165, 1.54) is 4.90 Å². The van der Waals surface area contributed by atoms with Crippen LogP contribution in [0.3, 0.4) is 0 Å². The molecule has 4 rings (SSSR count). The van der Waals surface area contributed by atoms with Crippen LogP contribution < -0.4 is 10.1 Å². The average molecular weight is 393 g/mol. The zero-order valence-electron chi connectivity index (χ0n) is 16.0. The first-order valence-corrected chi connectivity index (χ1v) is 9.78. The van der Waals surface area contributed by atoms with Gasteiger partial charge < -0.3 is 15.0 Å². The van der Waals surface area contributed by atoms with Gasteiger partial charge in [0.15, 0.2) is 6.61 Å². The number of hydrogen-bond donors (Lipinski definition) is 1. The summed E-state index contributed by atoms with van der Waals surface area (Å²) in [5.74, 6) is 0.363. The Morgan fingerprint density at radius 1 is 0.966 bits per heavy atom. The van der Waals surface area contributed by atoms with Crippen LogP contribution in [0.15, 0.2) is 54.6 Å². The van der Waals surface area contributed by atoms with Crippen molar-refractivity contribution in [3.05, 3.63) is 54.6 Å². The Hall–Kier alpha value is -3.35. The van der Waals surface area contributed by atoms with Crippen molar-refractivity contribution in [2.75, 3.05) is 26.2 Å². The summed E-state index contributed by atoms with van der Waals surface area (Å²) >= 11 is 0. The van der Waals surface area contributed by atoms with E-state index in [4.69, 9.17) is 4.74 Å². The van der Waals surface area contributed by atoms with Gasteiger partial charge in [0.05, 0.1) is 6.54 Å². The maximum atomic E-state index is 12.5. The Labute approximate surface area is 169 Å². The molecule has 0 spiro atoms. The van der Waals surface area contributed by atoms with Crippen LogP contribution >= 0.6 is 0 Å². The van der Waals surface area contributed by atoms with Gasteiger partial charge in [0.2, 0.25) is 5.91 Å². The Morgan fingerprint density at radius 2 is 1.62 bits per heavy atom. The minimum Gasteiger partial charge on any atom is -0.484 e. The fourth-order valence-electron chi connectivity index (χ4n) is 3.79. The van der Waals surface area contributed by atoms with Crippen LogP contribution in [0.5, 0.6) is 5.75 Å². The molecule has 1 N–H and O–H groups in total. The van der Waals surface area contributed by atoms with Gasteiger partial charge in [-0.3, -0.25) is 14.5 Å². The summed E-state index contributed by atoms with van der Waals surface area (Å²) in [4.78, 5) is 39.1. The van der Waals surface area contributed by atoms with E-state index >= 15 is 0 Å². The predicted molar refractivity (Wildman–Crippen MR) is 107 cm³/mol. The number of amides is 4. The van der Waals surface area contributed by atoms with Crippen molar-refractivity contribution in [1.29, 1.82) is 0 Å². The van der Waals surface area contributed by atoms with Crippen LogP contribution in [0, 0.1) is 0 Å². The SMILES string of the molecule is O=C(COc1ccc(-c2ccccc2)cc1)N1CCC(N2C(=O)CNC2=O)CC1. The van der Waals surface area contributed by atoms with Gasteiger partial charge in [0, 0.05) is 19.1 Å². The van der Waals surface area contributed by atoms with Gasteiger partial charge in [-0.15, -0.1) is 0 Å². The van der Waals surface area contributed by atoms with Gasteiger partial charge in [0.25, 0.3) is 5.91 Å². The van der Waals surface area contributed by atoms with Crippen LogP contribution in [-0.2, 0) is 9.59 Å². The minimum atomic E-state index is -0.331. The van der Waals surface area contributed by atoms with E-state index < -0.39 is 0 Å². The van der Waals surface area contributed by atoms with E-state index in [-0.39, 0.29) is 37.0 Å². The van der Waals surface area contributed by atoms with Gasteiger partial charge in [0.1, 0.15) is 5.75 Å². The lowest BCUT2D eigenvalue weighted by molar-refractivity contribution is -0.135. The highest BCUT2D eigenvalue weighted by Gasteiger charge is 2.37. The molecule has 0 atom stereocenters. The Morgan fingerprint density at radius 3 is 2.24 bits per heavy atom. The monoisotopic (exact) mass is 393 g/mol. The normalized spacial score (nSPS) is 17.4. The smallest absolute Gasteiger partial charge is 0.324 e. The lowest BCUT2D eigenvalue weighted by atomic mass is 10.0. The van der Waals surface area contributed by atoms with Crippen molar-refractivity contribution in [3.63, 3.8) is 0 Å². The van der Waals surface area contributed by atoms with Gasteiger partial charge in [-0.1, -0.05) is 42.5 Å². The van der Waals surface area contributed by atoms with Crippen molar-refractivity contribution in [2.24, 2.45) is 0 Å². The summed E-state index contributed by atoms with van der Waals surface area (Å²) < 4.78 is 5.65. The van der Waals surface area contributed by atoms with Crippen molar-refractivity contribution in [2.45, 2.75) is 18.9 Å². The molecule has 2 aliphatic rings. The average Bonchev–Trinajstić information content (AvgIpc) is 3.11. The molecule has 0 aliphatic carbocycles. The van der Waals surface area contributed by atoms with Crippen molar-refractivity contribution < 1.29 is 19.1 Å². The quantitative estimate of drug-likeness (QED) is 0.791. The first-order valence-electron chi connectivity index (χ1n) is 9.78. The largest absolute Gasteiger partial charge is 0.484 e. The molecule has 2 fully saturated rings. The molecule has 2 aliphatic heterocycles. The van der Waals surface area contributed by atoms with E-state index in [1.807, 2.05) is 54.6 Å². The molecule has 0 unspecified atom stereocenters. The Kier molecular flexibility index (Phi) is 5.46. The van der Waals surface area contributed by atoms with Crippen LogP contribution in [-0.4, -0.2) is 59.9 Å². The number of nitrogens with zero attached hydrogens (tertiary/aromatic N) is 2. The lowest BCUT2D eigenvalue weighted by Gasteiger charge is -2.35. The second-order valence-corrected chi connectivity index (χ2v) is 7.21. The molecule has 0 saturated carbocycles. The maximum Gasteiger partial charge on any atom is 0.324 e. The van der Waals surface area contributed by atoms with E-state index in [9.17, 15) is 14.4 Å². The summed E-state index contributed by atoms with van der Waals surface area (Å²) in [5.41, 5.74) is 2.22. The number of imide groups is 1. The topological polar surface area (TPSA) is 79.0 Å². The number of ether oxygens (including phenoxy) is 1. The number of urea groups is 1. The second-order valence-electron chi connectivity index (χ2n) is 7.21. The third kappa shape index (κ3) is 4.23. The van der Waals surface area contributed by atoms with Crippen LogP contribution in [0.4, 0.5) is 4.79 Å². The zero-order chi connectivity index (χ0) is 20.2. The van der Waals surface area contributed by atoms with Gasteiger partial charge in [-0.25, -0.2) is 4.79 Å². The predicted octanol–water partition coefficient (Wildman–Crippen LogP) is 2.28. The summed E-state index contributed by atoms with van der Waals surface area (Å²) in [5, 5.41) is 2.54. The molecule has 2 aromatic carbocycles. The molecule has 2 saturated heterocycles. The first kappa shape index (κ1) is 19.0. The number of carbonyl (C=O) groups is 3. The fraction of sp³-hybridized carbons (Fsp3) is 0.318. The van der Waals surface area contributed by atoms with E-state index in [0.29, 0.717) is 31.7 Å². The van der Waals surface area contributed by atoms with E-state index in [0.717, 1.165) is 11.1 Å². The van der Waals surface area contributed by atoms with E-state index in [1.54, 1.807) is 4.90 Å². The molecule has 0 bridgehead atoms. The lowest BCUT2D eigenvalue weighted by Crippen LogP contribution is -2.49. The standard InChI is InChI=1S/C22H23N3O4/c26-20-14-23-22(28)25(20)18-10-12-24(13-11-18)21(27)15-29-19-8-6-17(7-9-19)16-4-2-1-3-5-16/h1-9,18H,10-15H2,(H,23,28). The third-order valence-corrected chi connectivity index (χ3v) is 5.38. The summed E-state index contributed by atoms with van der Waals surface area (Å²) in [6, 6.07) is 17.2. The van der Waals surface area contributed by atoms with Crippen molar-refractivity contribution >= 4 is 17.8 Å². The fourth-order valence-corrected chi connectivity index (χ4v) is 3.79. The molecular formula is C22H23N3O4. The number of hydrogen-bond acceptors (Lipinski definition) is 4. The highest BCUT2D eigenvalue weighted by atomic mass is 16.5. The first-order chi connectivity index (χ1) is 14.1. The van der Waals surface area contributed by atoms with Crippen molar-refractivity contribution in [1.82, 2.24) is 15.1 Å². The molecule has 2 heterocycles. The third-order valence-electron chi connectivity index (χ3n) is 5.38. The van der Waals surface area contributed by atoms with Crippen LogP contribution in [0.2, 0.25) is 0 Å². The summed E-state index contributed by atoms with van der Waals surface area (Å²) in [6.07, 6.45) is 1.19. The molecule has 7 nitrogen and oxygen atoms in total. The number of likely N-dealkylation sites (tertiary alicyclic amines) is 1. The van der Waals surface area contributed by atoms with Gasteiger partial charge in [-0.05, 0) is 36.1 Å². The molecular weight excluding hydrogens is 370 g/mol. The number of carbonyl (C=O) groups excluding carboxylic acids is 3. The molecule has 0 aromatic heterocycles. The molecule has 2 aromatic rings. The zero-order valence-corrected chi connectivity index (χ0v) is 16.0. The number of benzene rings is 2. The molecule has 150 valence electrons. The summed E-state index contributed by atoms with van der Waals surface area (Å²) in [7, 11) is 0. The van der Waals surface area contributed by atoms with Crippen molar-refractivity contribution in [3.8, 4) is 16.9 Å². The van der Waals surface area contributed by atoms with Gasteiger partial charge in [-0.2, -0.15) is 0 Å².